The van der Waals surface area contributed by atoms with Crippen LogP contribution in [0.5, 0.6) is 0 Å². The molecule has 0 atom stereocenters. The summed E-state index contributed by atoms with van der Waals surface area (Å²) in [4.78, 5) is 40.2. The van der Waals surface area contributed by atoms with Crippen molar-refractivity contribution in [3.8, 4) is 11.1 Å². The predicted molar refractivity (Wildman–Crippen MR) is 121 cm³/mol. The summed E-state index contributed by atoms with van der Waals surface area (Å²) >= 11 is 0. The van der Waals surface area contributed by atoms with E-state index in [0.29, 0.717) is 5.06 Å². The minimum absolute atomic E-state index is 0.0958. The third-order valence-electron chi connectivity index (χ3n) is 5.45. The number of carboxylic acids is 1. The lowest BCUT2D eigenvalue weighted by Gasteiger charge is -2.17. The molecule has 0 heterocycles. The molecular weight excluding hydrogens is 443 g/mol. The lowest BCUT2D eigenvalue weighted by molar-refractivity contribution is -0.159. The Labute approximate surface area is 194 Å². The number of hydrogen-bond donors (Lipinski definition) is 2. The molecule has 2 N–H and O–H groups in total. The number of amides is 2. The molecule has 0 fully saturated rings. The average Bonchev–Trinajstić information content (AvgIpc) is 3.15. The Balaban J connectivity index is 1.43. The SMILES string of the molecule is CN(OCC(=O)O)C(=O)c1cc(NC(=O)OCC2c3ccccc3-c3ccccc32)ccc1F. The van der Waals surface area contributed by atoms with Gasteiger partial charge in [-0.25, -0.2) is 19.0 Å². The molecule has 0 unspecified atom stereocenters. The molecule has 9 heteroatoms. The van der Waals surface area contributed by atoms with Crippen LogP contribution in [0.15, 0.2) is 66.7 Å². The van der Waals surface area contributed by atoms with E-state index < -0.39 is 36.0 Å². The number of aliphatic carboxylic acids is 1. The van der Waals surface area contributed by atoms with Gasteiger partial charge < -0.3 is 9.84 Å². The van der Waals surface area contributed by atoms with Gasteiger partial charge in [0.25, 0.3) is 5.91 Å². The summed E-state index contributed by atoms with van der Waals surface area (Å²) in [6.45, 7) is -0.667. The monoisotopic (exact) mass is 464 g/mol. The zero-order chi connectivity index (χ0) is 24.2. The van der Waals surface area contributed by atoms with Crippen molar-refractivity contribution < 1.29 is 33.5 Å². The number of fused-ring (bicyclic) bond motifs is 3. The third-order valence-corrected chi connectivity index (χ3v) is 5.45. The van der Waals surface area contributed by atoms with Crippen molar-refractivity contribution >= 4 is 23.7 Å². The number of carbonyl (C=O) groups is 3. The van der Waals surface area contributed by atoms with E-state index in [0.717, 1.165) is 41.4 Å². The number of carboxylic acid groups (broad SMARTS) is 1. The molecule has 3 aromatic rings. The second kappa shape index (κ2) is 9.72. The van der Waals surface area contributed by atoms with Crippen molar-refractivity contribution in [3.05, 3.63) is 89.2 Å². The van der Waals surface area contributed by atoms with E-state index in [1.807, 2.05) is 48.5 Å². The van der Waals surface area contributed by atoms with Crippen LogP contribution >= 0.6 is 0 Å². The van der Waals surface area contributed by atoms with Crippen LogP contribution in [-0.2, 0) is 14.4 Å². The number of hydroxylamine groups is 2. The Kier molecular flexibility index (Phi) is 6.55. The Morgan fingerprint density at radius 3 is 2.24 bits per heavy atom. The maximum Gasteiger partial charge on any atom is 0.411 e. The Morgan fingerprint density at radius 2 is 1.62 bits per heavy atom. The smallest absolute Gasteiger partial charge is 0.411 e. The van der Waals surface area contributed by atoms with Crippen molar-refractivity contribution in [1.29, 1.82) is 0 Å². The minimum atomic E-state index is -1.29. The quantitative estimate of drug-likeness (QED) is 0.506. The molecule has 0 saturated heterocycles. The van der Waals surface area contributed by atoms with Gasteiger partial charge in [0, 0.05) is 18.7 Å². The third kappa shape index (κ3) is 4.74. The fourth-order valence-corrected chi connectivity index (χ4v) is 3.90. The number of carbonyl (C=O) groups excluding carboxylic acids is 2. The lowest BCUT2D eigenvalue weighted by Crippen LogP contribution is -2.30. The average molecular weight is 464 g/mol. The second-order valence-corrected chi connectivity index (χ2v) is 7.61. The molecule has 4 rings (SSSR count). The van der Waals surface area contributed by atoms with Gasteiger partial charge in [-0.05, 0) is 40.5 Å². The van der Waals surface area contributed by atoms with Crippen LogP contribution in [0.4, 0.5) is 14.9 Å². The number of rotatable bonds is 7. The van der Waals surface area contributed by atoms with Crippen molar-refractivity contribution in [3.63, 3.8) is 0 Å². The Morgan fingerprint density at radius 1 is 1.00 bits per heavy atom. The molecule has 2 amide bonds. The van der Waals surface area contributed by atoms with E-state index >= 15 is 0 Å². The van der Waals surface area contributed by atoms with Gasteiger partial charge in [0.1, 0.15) is 12.4 Å². The van der Waals surface area contributed by atoms with Crippen molar-refractivity contribution in [2.75, 3.05) is 25.6 Å². The summed E-state index contributed by atoms with van der Waals surface area (Å²) in [5, 5.41) is 11.8. The number of nitrogens with one attached hydrogen (secondary N) is 1. The number of nitrogens with zero attached hydrogens (tertiary/aromatic N) is 1. The Bertz CT molecular complexity index is 1220. The standard InChI is InChI=1S/C25H21FN2O6/c1-28(34-14-23(29)30)24(31)20-12-15(10-11-22(20)26)27-25(32)33-13-21-18-8-4-2-6-16(18)17-7-3-5-9-19(17)21/h2-12,21H,13-14H2,1H3,(H,27,32)(H,29,30). The Hall–Kier alpha value is -4.24. The van der Waals surface area contributed by atoms with Crippen LogP contribution in [0, 0.1) is 5.82 Å². The fraction of sp³-hybridized carbons (Fsp3) is 0.160. The normalized spacial score (nSPS) is 11.9. The largest absolute Gasteiger partial charge is 0.479 e. The summed E-state index contributed by atoms with van der Waals surface area (Å²) in [6.07, 6.45) is -0.762. The first kappa shape index (κ1) is 22.9. The summed E-state index contributed by atoms with van der Waals surface area (Å²) < 4.78 is 19.6. The topological polar surface area (TPSA) is 105 Å². The first-order chi connectivity index (χ1) is 16.3. The highest BCUT2D eigenvalue weighted by atomic mass is 19.1. The van der Waals surface area contributed by atoms with Crippen LogP contribution in [0.2, 0.25) is 0 Å². The molecule has 174 valence electrons. The molecule has 0 aromatic heterocycles. The summed E-state index contributed by atoms with van der Waals surface area (Å²) in [6, 6.07) is 19.3. The lowest BCUT2D eigenvalue weighted by atomic mass is 9.98. The fourth-order valence-electron chi connectivity index (χ4n) is 3.90. The predicted octanol–water partition coefficient (Wildman–Crippen LogP) is 4.27. The van der Waals surface area contributed by atoms with E-state index in [9.17, 15) is 18.8 Å². The van der Waals surface area contributed by atoms with E-state index in [2.05, 4.69) is 5.32 Å². The zero-order valence-corrected chi connectivity index (χ0v) is 18.2. The second-order valence-electron chi connectivity index (χ2n) is 7.61. The number of halogens is 1. The highest BCUT2D eigenvalue weighted by Gasteiger charge is 2.29. The van der Waals surface area contributed by atoms with E-state index in [-0.39, 0.29) is 18.2 Å². The number of ether oxygens (including phenoxy) is 1. The van der Waals surface area contributed by atoms with E-state index in [1.165, 1.54) is 6.07 Å². The number of hydrogen-bond acceptors (Lipinski definition) is 5. The van der Waals surface area contributed by atoms with Crippen molar-refractivity contribution in [1.82, 2.24) is 5.06 Å². The van der Waals surface area contributed by atoms with Gasteiger partial charge in [-0.15, -0.1) is 0 Å². The molecule has 0 radical (unpaired) electrons. The van der Waals surface area contributed by atoms with Gasteiger partial charge in [-0.3, -0.25) is 14.9 Å². The molecule has 0 saturated carbocycles. The highest BCUT2D eigenvalue weighted by Crippen LogP contribution is 2.44. The molecule has 0 bridgehead atoms. The summed E-state index contributed by atoms with van der Waals surface area (Å²) in [5.74, 6) is -3.17. The van der Waals surface area contributed by atoms with E-state index in [4.69, 9.17) is 14.7 Å². The molecule has 1 aliphatic rings. The van der Waals surface area contributed by atoms with Gasteiger partial charge in [-0.1, -0.05) is 48.5 Å². The van der Waals surface area contributed by atoms with E-state index in [1.54, 1.807) is 0 Å². The maximum atomic E-state index is 14.2. The van der Waals surface area contributed by atoms with Crippen molar-refractivity contribution in [2.24, 2.45) is 0 Å². The van der Waals surface area contributed by atoms with Crippen LogP contribution < -0.4 is 5.32 Å². The van der Waals surface area contributed by atoms with Gasteiger partial charge in [0.05, 0.1) is 5.56 Å². The first-order valence-corrected chi connectivity index (χ1v) is 10.4. The molecule has 3 aromatic carbocycles. The van der Waals surface area contributed by atoms with Crippen LogP contribution in [0.25, 0.3) is 11.1 Å². The van der Waals surface area contributed by atoms with Crippen LogP contribution in [-0.4, -0.2) is 48.4 Å². The molecule has 8 nitrogen and oxygen atoms in total. The first-order valence-electron chi connectivity index (χ1n) is 10.4. The van der Waals surface area contributed by atoms with Gasteiger partial charge in [0.2, 0.25) is 0 Å². The minimum Gasteiger partial charge on any atom is -0.479 e. The number of benzene rings is 3. The van der Waals surface area contributed by atoms with Crippen LogP contribution in [0.1, 0.15) is 27.4 Å². The molecule has 34 heavy (non-hydrogen) atoms. The zero-order valence-electron chi connectivity index (χ0n) is 18.2. The molecule has 0 aliphatic heterocycles. The van der Waals surface area contributed by atoms with Gasteiger partial charge >= 0.3 is 12.1 Å². The van der Waals surface area contributed by atoms with Crippen molar-refractivity contribution in [2.45, 2.75) is 5.92 Å². The maximum absolute atomic E-state index is 14.2. The summed E-state index contributed by atoms with van der Waals surface area (Å²) in [7, 11) is 1.16. The van der Waals surface area contributed by atoms with Gasteiger partial charge in [-0.2, -0.15) is 0 Å². The number of anilines is 1. The molecule has 1 aliphatic carbocycles. The summed E-state index contributed by atoms with van der Waals surface area (Å²) in [5.41, 5.74) is 4.06. The molecular formula is C25H21FN2O6. The highest BCUT2D eigenvalue weighted by molar-refractivity contribution is 5.96. The van der Waals surface area contributed by atoms with Crippen LogP contribution in [0.3, 0.4) is 0 Å². The van der Waals surface area contributed by atoms with Gasteiger partial charge in [0.15, 0.2) is 6.61 Å². The molecule has 0 spiro atoms.